The number of rotatable bonds is 3. The minimum absolute atomic E-state index is 0.146. The molecular formula is C25H28ClN3O3. The molecule has 0 unspecified atom stereocenters. The predicted octanol–water partition coefficient (Wildman–Crippen LogP) is 4.90. The highest BCUT2D eigenvalue weighted by Crippen LogP contribution is 2.25. The molecule has 1 aromatic heterocycles. The number of pyridine rings is 1. The minimum atomic E-state index is -0.476. The van der Waals surface area contributed by atoms with Crippen molar-refractivity contribution in [1.82, 2.24) is 14.8 Å². The Kier molecular flexibility index (Phi) is 6.26. The van der Waals surface area contributed by atoms with Crippen LogP contribution in [0.2, 0.25) is 5.02 Å². The third-order valence-electron chi connectivity index (χ3n) is 5.53. The minimum Gasteiger partial charge on any atom is -0.444 e. The number of carbonyl (C=O) groups excluding carboxylic acids is 1. The van der Waals surface area contributed by atoms with Crippen molar-refractivity contribution >= 4 is 28.5 Å². The monoisotopic (exact) mass is 453 g/mol. The number of fused-ring (bicyclic) bond motifs is 1. The lowest BCUT2D eigenvalue weighted by Crippen LogP contribution is -2.49. The van der Waals surface area contributed by atoms with Gasteiger partial charge in [0.05, 0.1) is 0 Å². The molecule has 3 aromatic rings. The number of nitrogens with zero attached hydrogens (tertiary/aromatic N) is 2. The second kappa shape index (κ2) is 8.96. The zero-order valence-corrected chi connectivity index (χ0v) is 19.4. The molecule has 168 valence electrons. The fourth-order valence-corrected chi connectivity index (χ4v) is 4.10. The van der Waals surface area contributed by atoms with Gasteiger partial charge in [0.25, 0.3) is 5.56 Å². The van der Waals surface area contributed by atoms with Gasteiger partial charge >= 0.3 is 6.09 Å². The van der Waals surface area contributed by atoms with Crippen molar-refractivity contribution in [2.75, 3.05) is 26.2 Å². The molecule has 1 aliphatic rings. The SMILES string of the molecule is CC(C)(C)OC(=O)N1CCN(Cc2ccc(-c3cc4c(Cl)cccc4c(=O)[nH]3)cc2)CC1. The van der Waals surface area contributed by atoms with Crippen LogP contribution in [0.15, 0.2) is 53.3 Å². The number of hydrogen-bond acceptors (Lipinski definition) is 4. The van der Waals surface area contributed by atoms with E-state index >= 15 is 0 Å². The summed E-state index contributed by atoms with van der Waals surface area (Å²) in [5.41, 5.74) is 2.24. The molecule has 7 heteroatoms. The van der Waals surface area contributed by atoms with Crippen molar-refractivity contribution < 1.29 is 9.53 Å². The molecule has 4 rings (SSSR count). The summed E-state index contributed by atoms with van der Waals surface area (Å²) in [6.45, 7) is 9.38. The molecule has 6 nitrogen and oxygen atoms in total. The van der Waals surface area contributed by atoms with Gasteiger partial charge in [0, 0.05) is 54.2 Å². The summed E-state index contributed by atoms with van der Waals surface area (Å²) in [7, 11) is 0. The summed E-state index contributed by atoms with van der Waals surface area (Å²) >= 11 is 6.29. The van der Waals surface area contributed by atoms with E-state index < -0.39 is 5.60 Å². The Labute approximate surface area is 192 Å². The van der Waals surface area contributed by atoms with Crippen LogP contribution in [0.25, 0.3) is 22.0 Å². The summed E-state index contributed by atoms with van der Waals surface area (Å²) in [6.07, 6.45) is -0.244. The fraction of sp³-hybridized carbons (Fsp3) is 0.360. The summed E-state index contributed by atoms with van der Waals surface area (Å²) in [5, 5.41) is 1.90. The Morgan fingerprint density at radius 1 is 1.03 bits per heavy atom. The summed E-state index contributed by atoms with van der Waals surface area (Å²) in [5.74, 6) is 0. The number of amides is 1. The lowest BCUT2D eigenvalue weighted by Gasteiger charge is -2.35. The van der Waals surface area contributed by atoms with Gasteiger partial charge in [-0.05, 0) is 50.1 Å². The Bertz CT molecular complexity index is 1170. The lowest BCUT2D eigenvalue weighted by molar-refractivity contribution is 0.0139. The molecule has 2 heterocycles. The first-order valence-corrected chi connectivity index (χ1v) is 11.2. The van der Waals surface area contributed by atoms with Gasteiger partial charge < -0.3 is 14.6 Å². The molecule has 1 fully saturated rings. The molecule has 2 aromatic carbocycles. The van der Waals surface area contributed by atoms with E-state index in [0.29, 0.717) is 23.5 Å². The van der Waals surface area contributed by atoms with Crippen molar-refractivity contribution in [3.8, 4) is 11.3 Å². The zero-order valence-electron chi connectivity index (χ0n) is 18.7. The number of H-pyrrole nitrogens is 1. The number of piperazine rings is 1. The average molecular weight is 454 g/mol. The zero-order chi connectivity index (χ0) is 22.9. The van der Waals surface area contributed by atoms with E-state index in [4.69, 9.17) is 16.3 Å². The van der Waals surface area contributed by atoms with Crippen molar-refractivity contribution in [2.45, 2.75) is 32.9 Å². The standard InChI is InChI=1S/C25H28ClN3O3/c1-25(2,3)32-24(31)29-13-11-28(12-14-29)16-17-7-9-18(10-8-17)22-15-20-19(23(30)27-22)5-4-6-21(20)26/h4-10,15H,11-14,16H2,1-3H3,(H,27,30). The van der Waals surface area contributed by atoms with Gasteiger partial charge in [0.1, 0.15) is 5.60 Å². The maximum absolute atomic E-state index is 12.4. The first-order chi connectivity index (χ1) is 15.2. The maximum Gasteiger partial charge on any atom is 0.410 e. The van der Waals surface area contributed by atoms with Crippen molar-refractivity contribution in [1.29, 1.82) is 0 Å². The Morgan fingerprint density at radius 3 is 2.38 bits per heavy atom. The number of ether oxygens (including phenoxy) is 1. The molecule has 1 amide bonds. The number of halogens is 1. The molecular weight excluding hydrogens is 426 g/mol. The summed E-state index contributed by atoms with van der Waals surface area (Å²) in [4.78, 5) is 31.7. The highest BCUT2D eigenvalue weighted by Gasteiger charge is 2.25. The van der Waals surface area contributed by atoms with Crippen LogP contribution in [0, 0.1) is 0 Å². The molecule has 0 saturated carbocycles. The molecule has 32 heavy (non-hydrogen) atoms. The molecule has 1 N–H and O–H groups in total. The van der Waals surface area contributed by atoms with Crippen LogP contribution in [0.3, 0.4) is 0 Å². The quantitative estimate of drug-likeness (QED) is 0.612. The van der Waals surface area contributed by atoms with Crippen LogP contribution in [-0.2, 0) is 11.3 Å². The van der Waals surface area contributed by atoms with E-state index in [1.54, 1.807) is 23.1 Å². The third-order valence-corrected chi connectivity index (χ3v) is 5.86. The first-order valence-electron chi connectivity index (χ1n) is 10.8. The molecule has 0 radical (unpaired) electrons. The van der Waals surface area contributed by atoms with Crippen LogP contribution in [0.5, 0.6) is 0 Å². The highest BCUT2D eigenvalue weighted by molar-refractivity contribution is 6.35. The van der Waals surface area contributed by atoms with Gasteiger partial charge in [-0.3, -0.25) is 9.69 Å². The Hall–Kier alpha value is -2.83. The normalized spacial score (nSPS) is 15.2. The fourth-order valence-electron chi connectivity index (χ4n) is 3.87. The topological polar surface area (TPSA) is 65.6 Å². The molecule has 0 aliphatic carbocycles. The van der Waals surface area contributed by atoms with Crippen molar-refractivity contribution in [3.63, 3.8) is 0 Å². The van der Waals surface area contributed by atoms with Crippen LogP contribution in [0.4, 0.5) is 4.79 Å². The molecule has 1 saturated heterocycles. The number of nitrogens with one attached hydrogen (secondary N) is 1. The van der Waals surface area contributed by atoms with Gasteiger partial charge in [0.2, 0.25) is 0 Å². The van der Waals surface area contributed by atoms with E-state index in [1.807, 2.05) is 39.0 Å². The van der Waals surface area contributed by atoms with Gasteiger partial charge in [-0.25, -0.2) is 4.79 Å². The van der Waals surface area contributed by atoms with Crippen LogP contribution in [-0.4, -0.2) is 52.7 Å². The number of aromatic nitrogens is 1. The molecule has 1 aliphatic heterocycles. The van der Waals surface area contributed by atoms with Crippen LogP contribution < -0.4 is 5.56 Å². The number of aromatic amines is 1. The smallest absolute Gasteiger partial charge is 0.410 e. The lowest BCUT2D eigenvalue weighted by atomic mass is 10.1. The van der Waals surface area contributed by atoms with Crippen molar-refractivity contribution in [3.05, 3.63) is 69.5 Å². The van der Waals surface area contributed by atoms with E-state index in [0.717, 1.165) is 36.3 Å². The molecule has 0 spiro atoms. The molecule has 0 atom stereocenters. The number of hydrogen-bond donors (Lipinski definition) is 1. The Balaban J connectivity index is 1.40. The van der Waals surface area contributed by atoms with E-state index in [2.05, 4.69) is 22.0 Å². The summed E-state index contributed by atoms with van der Waals surface area (Å²) < 4.78 is 5.46. The largest absolute Gasteiger partial charge is 0.444 e. The second-order valence-electron chi connectivity index (χ2n) is 9.15. The van der Waals surface area contributed by atoms with Crippen molar-refractivity contribution in [2.24, 2.45) is 0 Å². The highest BCUT2D eigenvalue weighted by atomic mass is 35.5. The van der Waals surface area contributed by atoms with E-state index in [9.17, 15) is 9.59 Å². The summed E-state index contributed by atoms with van der Waals surface area (Å²) in [6, 6.07) is 15.4. The van der Waals surface area contributed by atoms with Crippen LogP contribution >= 0.6 is 11.6 Å². The first kappa shape index (κ1) is 22.4. The van der Waals surface area contributed by atoms with Gasteiger partial charge in [0.15, 0.2) is 0 Å². The predicted molar refractivity (Wildman–Crippen MR) is 128 cm³/mol. The van der Waals surface area contributed by atoms with Crippen LogP contribution in [0.1, 0.15) is 26.3 Å². The Morgan fingerprint density at radius 2 is 1.72 bits per heavy atom. The van der Waals surface area contributed by atoms with E-state index in [1.165, 1.54) is 5.56 Å². The number of carbonyl (C=O) groups is 1. The van der Waals surface area contributed by atoms with Gasteiger partial charge in [-0.2, -0.15) is 0 Å². The maximum atomic E-state index is 12.4. The van der Waals surface area contributed by atoms with Gasteiger partial charge in [-0.1, -0.05) is 41.9 Å². The average Bonchev–Trinajstić information content (AvgIpc) is 2.74. The second-order valence-corrected chi connectivity index (χ2v) is 9.56. The van der Waals surface area contributed by atoms with E-state index in [-0.39, 0.29) is 11.7 Å². The molecule has 0 bridgehead atoms. The third kappa shape index (κ3) is 5.14. The number of benzene rings is 2. The van der Waals surface area contributed by atoms with Gasteiger partial charge in [-0.15, -0.1) is 0 Å².